The first-order valence-corrected chi connectivity index (χ1v) is 10.1. The molecular weight excluding hydrogens is 377 g/mol. The first kappa shape index (κ1) is 21.5. The minimum Gasteiger partial charge on any atom is -0.481 e. The third-order valence-corrected chi connectivity index (χ3v) is 5.34. The molecule has 1 saturated carbocycles. The summed E-state index contributed by atoms with van der Waals surface area (Å²) in [5, 5.41) is 8.94. The Balaban J connectivity index is 1.48. The molecule has 0 amide bonds. The zero-order valence-corrected chi connectivity index (χ0v) is 16.9. The molecule has 1 heterocycles. The topological polar surface area (TPSA) is 81.8 Å². The molecule has 2 aromatic rings. The van der Waals surface area contributed by atoms with Gasteiger partial charge in [0.1, 0.15) is 17.3 Å². The summed E-state index contributed by atoms with van der Waals surface area (Å²) in [6.07, 6.45) is 4.44. The number of carboxylic acids is 1. The summed E-state index contributed by atoms with van der Waals surface area (Å²) >= 11 is 0. The van der Waals surface area contributed by atoms with Crippen molar-refractivity contribution in [3.8, 4) is 11.5 Å². The van der Waals surface area contributed by atoms with Crippen LogP contribution >= 0.6 is 0 Å². The number of carboxylic acid groups (broad SMARTS) is 1. The Morgan fingerprint density at radius 3 is 2.66 bits per heavy atom. The van der Waals surface area contributed by atoms with Crippen molar-refractivity contribution in [3.05, 3.63) is 41.5 Å². The summed E-state index contributed by atoms with van der Waals surface area (Å²) in [4.78, 5) is 15.4. The van der Waals surface area contributed by atoms with Crippen molar-refractivity contribution >= 4 is 5.97 Å². The van der Waals surface area contributed by atoms with Crippen molar-refractivity contribution in [2.45, 2.75) is 64.8 Å². The summed E-state index contributed by atoms with van der Waals surface area (Å²) in [7, 11) is 0. The van der Waals surface area contributed by atoms with Gasteiger partial charge >= 0.3 is 5.97 Å². The van der Waals surface area contributed by atoms with E-state index in [9.17, 15) is 9.18 Å². The minimum absolute atomic E-state index is 0.0796. The molecular formula is C22H28FNO5. The lowest BCUT2D eigenvalue weighted by atomic mass is 9.94. The maximum atomic E-state index is 13.1. The van der Waals surface area contributed by atoms with E-state index in [0.717, 1.165) is 36.9 Å². The largest absolute Gasteiger partial charge is 0.481 e. The van der Waals surface area contributed by atoms with E-state index >= 15 is 0 Å². The molecule has 1 aromatic heterocycles. The molecule has 3 rings (SSSR count). The molecule has 1 fully saturated rings. The number of aliphatic carboxylic acids is 1. The van der Waals surface area contributed by atoms with Crippen LogP contribution in [0.3, 0.4) is 0 Å². The molecule has 1 aliphatic carbocycles. The predicted molar refractivity (Wildman–Crippen MR) is 105 cm³/mol. The summed E-state index contributed by atoms with van der Waals surface area (Å²) < 4.78 is 30.7. The van der Waals surface area contributed by atoms with Gasteiger partial charge in [-0.2, -0.15) is 0 Å². The number of hydrogen-bond acceptors (Lipinski definition) is 5. The second-order valence-corrected chi connectivity index (χ2v) is 7.65. The second-order valence-electron chi connectivity index (χ2n) is 7.65. The van der Waals surface area contributed by atoms with Gasteiger partial charge in [-0.1, -0.05) is 6.92 Å². The number of ether oxygens (including phenoxy) is 2. The Bertz CT molecular complexity index is 804. The second kappa shape index (κ2) is 9.98. The van der Waals surface area contributed by atoms with Crippen LogP contribution in [0.25, 0.3) is 11.5 Å². The van der Waals surface area contributed by atoms with Gasteiger partial charge in [-0.25, -0.2) is 9.37 Å². The Hall–Kier alpha value is -2.25. The van der Waals surface area contributed by atoms with Gasteiger partial charge in [0.25, 0.3) is 0 Å². The molecule has 1 unspecified atom stereocenters. The smallest absolute Gasteiger partial charge is 0.306 e. The molecule has 6 nitrogen and oxygen atoms in total. The van der Waals surface area contributed by atoms with Crippen LogP contribution in [-0.4, -0.2) is 34.9 Å². The fourth-order valence-electron chi connectivity index (χ4n) is 3.41. The molecule has 1 N–H and O–H groups in total. The average Bonchev–Trinajstić information content (AvgIpc) is 3.07. The van der Waals surface area contributed by atoms with E-state index in [1.54, 1.807) is 19.1 Å². The predicted octanol–water partition coefficient (Wildman–Crippen LogP) is 4.74. The van der Waals surface area contributed by atoms with E-state index in [4.69, 9.17) is 19.0 Å². The highest BCUT2D eigenvalue weighted by Crippen LogP contribution is 2.27. The highest BCUT2D eigenvalue weighted by Gasteiger charge is 2.24. The van der Waals surface area contributed by atoms with Crippen LogP contribution in [-0.2, 0) is 20.9 Å². The molecule has 29 heavy (non-hydrogen) atoms. The Morgan fingerprint density at radius 1 is 1.28 bits per heavy atom. The Labute approximate surface area is 170 Å². The van der Waals surface area contributed by atoms with Crippen LogP contribution in [0.2, 0.25) is 0 Å². The van der Waals surface area contributed by atoms with Crippen LogP contribution in [0, 0.1) is 18.7 Å². The minimum atomic E-state index is -0.790. The number of aromatic nitrogens is 1. The van der Waals surface area contributed by atoms with Gasteiger partial charge in [0, 0.05) is 12.2 Å². The maximum absolute atomic E-state index is 13.1. The van der Waals surface area contributed by atoms with Gasteiger partial charge in [-0.3, -0.25) is 4.79 Å². The Kier molecular flexibility index (Phi) is 7.39. The molecule has 0 bridgehead atoms. The van der Waals surface area contributed by atoms with E-state index in [0.29, 0.717) is 31.3 Å². The molecule has 7 heteroatoms. The SMILES string of the molecule is Cc1oc(-c2ccc(F)cc2)nc1CO[C@H]1CCC[C@@H](OCCC(C)C(=O)O)C1. The van der Waals surface area contributed by atoms with Crippen molar-refractivity contribution in [2.75, 3.05) is 6.61 Å². The third-order valence-electron chi connectivity index (χ3n) is 5.34. The van der Waals surface area contributed by atoms with Crippen molar-refractivity contribution in [2.24, 2.45) is 5.92 Å². The number of benzene rings is 1. The lowest BCUT2D eigenvalue weighted by Gasteiger charge is -2.29. The fourth-order valence-corrected chi connectivity index (χ4v) is 3.41. The van der Waals surface area contributed by atoms with E-state index < -0.39 is 11.9 Å². The molecule has 3 atom stereocenters. The Morgan fingerprint density at radius 2 is 1.97 bits per heavy atom. The maximum Gasteiger partial charge on any atom is 0.306 e. The normalized spacial score (nSPS) is 20.5. The fraction of sp³-hybridized carbons (Fsp3) is 0.545. The number of hydrogen-bond donors (Lipinski definition) is 1. The van der Waals surface area contributed by atoms with E-state index in [-0.39, 0.29) is 18.0 Å². The number of oxazole rings is 1. The number of aryl methyl sites for hydroxylation is 1. The van der Waals surface area contributed by atoms with Crippen molar-refractivity contribution in [3.63, 3.8) is 0 Å². The highest BCUT2D eigenvalue weighted by atomic mass is 19.1. The summed E-state index contributed by atoms with van der Waals surface area (Å²) in [5.74, 6) is -0.335. The number of rotatable bonds is 9. The standard InChI is InChI=1S/C22H28FNO5/c1-14(22(25)26)10-11-27-18-4-3-5-19(12-18)28-13-20-15(2)29-21(24-20)16-6-8-17(23)9-7-16/h6-9,14,18-19H,3-5,10-13H2,1-2H3,(H,25,26)/t14?,18-,19+/m1/s1. The van der Waals surface area contributed by atoms with Crippen LogP contribution in [0.5, 0.6) is 0 Å². The van der Waals surface area contributed by atoms with Crippen molar-refractivity contribution in [1.82, 2.24) is 4.98 Å². The zero-order valence-electron chi connectivity index (χ0n) is 16.9. The van der Waals surface area contributed by atoms with Crippen LogP contribution < -0.4 is 0 Å². The first-order chi connectivity index (χ1) is 13.9. The number of halogens is 1. The van der Waals surface area contributed by atoms with Gasteiger partial charge in [0.2, 0.25) is 5.89 Å². The molecule has 0 saturated heterocycles. The van der Waals surface area contributed by atoms with Crippen LogP contribution in [0.4, 0.5) is 4.39 Å². The molecule has 0 aliphatic heterocycles. The molecule has 1 aliphatic rings. The summed E-state index contributed by atoms with van der Waals surface area (Å²) in [6.45, 7) is 4.34. The van der Waals surface area contributed by atoms with E-state index in [2.05, 4.69) is 4.98 Å². The number of carbonyl (C=O) groups is 1. The summed E-state index contributed by atoms with van der Waals surface area (Å²) in [6, 6.07) is 6.04. The third kappa shape index (κ3) is 6.11. The highest BCUT2D eigenvalue weighted by molar-refractivity contribution is 5.69. The van der Waals surface area contributed by atoms with Gasteiger partial charge in [-0.05, 0) is 63.3 Å². The lowest BCUT2D eigenvalue weighted by Crippen LogP contribution is -2.29. The van der Waals surface area contributed by atoms with E-state index in [1.165, 1.54) is 12.1 Å². The molecule has 158 valence electrons. The zero-order chi connectivity index (χ0) is 20.8. The monoisotopic (exact) mass is 405 g/mol. The average molecular weight is 405 g/mol. The van der Waals surface area contributed by atoms with Gasteiger partial charge in [0.05, 0.1) is 24.7 Å². The number of nitrogens with zero attached hydrogens (tertiary/aromatic N) is 1. The van der Waals surface area contributed by atoms with Crippen LogP contribution in [0.15, 0.2) is 28.7 Å². The first-order valence-electron chi connectivity index (χ1n) is 10.1. The lowest BCUT2D eigenvalue weighted by molar-refractivity contribution is -0.142. The van der Waals surface area contributed by atoms with Crippen molar-refractivity contribution < 1.29 is 28.2 Å². The van der Waals surface area contributed by atoms with Crippen molar-refractivity contribution in [1.29, 1.82) is 0 Å². The molecule has 0 spiro atoms. The van der Waals surface area contributed by atoms with Gasteiger partial charge in [-0.15, -0.1) is 0 Å². The quantitative estimate of drug-likeness (QED) is 0.649. The van der Waals surface area contributed by atoms with Gasteiger partial charge in [0.15, 0.2) is 0 Å². The molecule has 1 aromatic carbocycles. The molecule has 0 radical (unpaired) electrons. The van der Waals surface area contributed by atoms with Crippen LogP contribution in [0.1, 0.15) is 50.5 Å². The van der Waals surface area contributed by atoms with Gasteiger partial charge < -0.3 is 19.0 Å². The summed E-state index contributed by atoms with van der Waals surface area (Å²) in [5.41, 5.74) is 1.46. The van der Waals surface area contributed by atoms with E-state index in [1.807, 2.05) is 6.92 Å².